The minimum absolute atomic E-state index is 0.101. The molecule has 1 N–H and O–H groups in total. The van der Waals surface area contributed by atoms with Crippen molar-refractivity contribution in [1.29, 1.82) is 0 Å². The Kier molecular flexibility index (Phi) is 8.85. The van der Waals surface area contributed by atoms with Gasteiger partial charge in [-0.05, 0) is 45.4 Å². The number of anilines is 1. The first-order valence-corrected chi connectivity index (χ1v) is 14.0. The molecule has 1 atom stereocenters. The molecule has 0 bridgehead atoms. The van der Waals surface area contributed by atoms with E-state index in [0.29, 0.717) is 28.1 Å². The Morgan fingerprint density at radius 2 is 1.71 bits per heavy atom. The number of nitrogens with zero attached hydrogens (tertiary/aromatic N) is 3. The summed E-state index contributed by atoms with van der Waals surface area (Å²) in [6.45, 7) is 8.58. The molecule has 1 amide bonds. The van der Waals surface area contributed by atoms with Crippen molar-refractivity contribution >= 4 is 40.0 Å². The fourth-order valence-corrected chi connectivity index (χ4v) is 5.65. The van der Waals surface area contributed by atoms with Crippen molar-refractivity contribution in [2.24, 2.45) is 0 Å². The third-order valence-corrected chi connectivity index (χ3v) is 7.75. The van der Waals surface area contributed by atoms with Crippen molar-refractivity contribution < 1.29 is 19.1 Å². The second-order valence-electron chi connectivity index (χ2n) is 8.71. The van der Waals surface area contributed by atoms with Crippen LogP contribution in [0.5, 0.6) is 5.75 Å². The van der Waals surface area contributed by atoms with Crippen molar-refractivity contribution in [2.45, 2.75) is 45.5 Å². The number of rotatable bonds is 10. The predicted molar refractivity (Wildman–Crippen MR) is 151 cm³/mol. The minimum atomic E-state index is -0.497. The highest BCUT2D eigenvalue weighted by molar-refractivity contribution is 7.99. The zero-order valence-electron chi connectivity index (χ0n) is 22.0. The molecule has 8 nitrogen and oxygen atoms in total. The normalized spacial score (nSPS) is 11.7. The number of esters is 1. The van der Waals surface area contributed by atoms with Crippen LogP contribution in [0.1, 0.15) is 47.3 Å². The summed E-state index contributed by atoms with van der Waals surface area (Å²) in [5.41, 5.74) is 4.23. The fourth-order valence-electron chi connectivity index (χ4n) is 3.87. The molecular formula is C28H30N4O4S2. The first kappa shape index (κ1) is 27.4. The topological polar surface area (TPSA) is 95.3 Å². The Balaban J connectivity index is 1.45. The molecule has 0 radical (unpaired) electrons. The lowest BCUT2D eigenvalue weighted by Crippen LogP contribution is -2.17. The van der Waals surface area contributed by atoms with Crippen molar-refractivity contribution in [3.63, 3.8) is 0 Å². The number of aromatic nitrogens is 3. The number of benzene rings is 2. The van der Waals surface area contributed by atoms with Crippen molar-refractivity contribution in [3.05, 3.63) is 76.4 Å². The highest BCUT2D eigenvalue weighted by Crippen LogP contribution is 2.36. The average molecular weight is 551 g/mol. The number of thiophene rings is 1. The van der Waals surface area contributed by atoms with Crippen LogP contribution in [0.15, 0.2) is 59.1 Å². The maximum Gasteiger partial charge on any atom is 0.341 e. The molecule has 1 unspecified atom stereocenters. The standard InChI is InChI=1S/C28H30N4O4S2/c1-6-32-25(19(4)36-21-13-9-18(3)10-14-21)30-31-28(32)38-16-23(33)29-26-24(27(34)35-5)22(15-37-26)20-11-7-17(2)8-12-20/h7-15,19H,6,16H2,1-5H3,(H,29,33). The molecule has 0 saturated heterocycles. The number of thioether (sulfide) groups is 1. The van der Waals surface area contributed by atoms with E-state index in [4.69, 9.17) is 9.47 Å². The van der Waals surface area contributed by atoms with Gasteiger partial charge in [-0.1, -0.05) is 59.3 Å². The molecule has 198 valence electrons. The van der Waals surface area contributed by atoms with Gasteiger partial charge in [0.05, 0.1) is 12.9 Å². The number of ether oxygens (including phenoxy) is 2. The average Bonchev–Trinajstić information content (AvgIpc) is 3.52. The quantitative estimate of drug-likeness (QED) is 0.183. The SMILES string of the molecule is CCn1c(SCC(=O)Nc2scc(-c3ccc(C)cc3)c2C(=O)OC)nnc1C(C)Oc1ccc(C)cc1. The van der Waals surface area contributed by atoms with Crippen LogP contribution < -0.4 is 10.1 Å². The second kappa shape index (κ2) is 12.3. The largest absolute Gasteiger partial charge is 0.483 e. The van der Waals surface area contributed by atoms with E-state index in [9.17, 15) is 9.59 Å². The van der Waals surface area contributed by atoms with E-state index in [0.717, 1.165) is 28.0 Å². The monoisotopic (exact) mass is 550 g/mol. The molecule has 38 heavy (non-hydrogen) atoms. The zero-order valence-corrected chi connectivity index (χ0v) is 23.6. The van der Waals surface area contributed by atoms with Gasteiger partial charge in [-0.3, -0.25) is 4.79 Å². The Bertz CT molecular complexity index is 1410. The molecule has 2 aromatic carbocycles. The summed E-state index contributed by atoms with van der Waals surface area (Å²) in [6, 6.07) is 15.7. The van der Waals surface area contributed by atoms with Gasteiger partial charge in [-0.15, -0.1) is 21.5 Å². The van der Waals surface area contributed by atoms with Crippen LogP contribution in [0.3, 0.4) is 0 Å². The van der Waals surface area contributed by atoms with E-state index < -0.39 is 5.97 Å². The molecule has 0 aliphatic rings. The number of carbonyl (C=O) groups is 2. The van der Waals surface area contributed by atoms with Gasteiger partial charge in [0.1, 0.15) is 16.3 Å². The van der Waals surface area contributed by atoms with Gasteiger partial charge in [0, 0.05) is 17.5 Å². The summed E-state index contributed by atoms with van der Waals surface area (Å²) >= 11 is 2.58. The van der Waals surface area contributed by atoms with Gasteiger partial charge in [-0.2, -0.15) is 0 Å². The van der Waals surface area contributed by atoms with Crippen molar-refractivity contribution in [2.75, 3.05) is 18.2 Å². The van der Waals surface area contributed by atoms with Crippen LogP contribution in [-0.2, 0) is 16.1 Å². The van der Waals surface area contributed by atoms with Crippen LogP contribution in [-0.4, -0.2) is 39.5 Å². The molecule has 4 rings (SSSR count). The summed E-state index contributed by atoms with van der Waals surface area (Å²) in [5.74, 6) is 0.787. The van der Waals surface area contributed by atoms with Crippen LogP contribution in [0, 0.1) is 13.8 Å². The summed E-state index contributed by atoms with van der Waals surface area (Å²) in [6.07, 6.45) is -0.317. The summed E-state index contributed by atoms with van der Waals surface area (Å²) in [7, 11) is 1.33. The van der Waals surface area contributed by atoms with E-state index in [2.05, 4.69) is 15.5 Å². The second-order valence-corrected chi connectivity index (χ2v) is 10.5. The molecule has 4 aromatic rings. The van der Waals surface area contributed by atoms with E-state index in [-0.39, 0.29) is 17.8 Å². The van der Waals surface area contributed by atoms with E-state index in [1.165, 1.54) is 30.2 Å². The maximum absolute atomic E-state index is 12.9. The van der Waals surface area contributed by atoms with Gasteiger partial charge < -0.3 is 19.4 Å². The molecule has 0 spiro atoms. The summed E-state index contributed by atoms with van der Waals surface area (Å²) in [4.78, 5) is 25.5. The highest BCUT2D eigenvalue weighted by Gasteiger charge is 2.23. The lowest BCUT2D eigenvalue weighted by atomic mass is 10.0. The van der Waals surface area contributed by atoms with Crippen LogP contribution in [0.2, 0.25) is 0 Å². The lowest BCUT2D eigenvalue weighted by Gasteiger charge is -2.15. The number of methoxy groups -OCH3 is 1. The lowest BCUT2D eigenvalue weighted by molar-refractivity contribution is -0.113. The molecule has 2 aromatic heterocycles. The third-order valence-electron chi connectivity index (χ3n) is 5.89. The third kappa shape index (κ3) is 6.25. The number of aryl methyl sites for hydroxylation is 2. The van der Waals surface area contributed by atoms with Crippen LogP contribution in [0.25, 0.3) is 11.1 Å². The molecule has 10 heteroatoms. The molecule has 2 heterocycles. The van der Waals surface area contributed by atoms with Crippen molar-refractivity contribution in [3.8, 4) is 16.9 Å². The number of hydrogen-bond acceptors (Lipinski definition) is 8. The Hall–Kier alpha value is -3.63. The Morgan fingerprint density at radius 3 is 2.34 bits per heavy atom. The van der Waals surface area contributed by atoms with Gasteiger partial charge in [0.15, 0.2) is 17.1 Å². The number of nitrogens with one attached hydrogen (secondary N) is 1. The van der Waals surface area contributed by atoms with E-state index in [1.807, 2.05) is 86.2 Å². The molecule has 0 saturated carbocycles. The van der Waals surface area contributed by atoms with Crippen LogP contribution in [0.4, 0.5) is 5.00 Å². The summed E-state index contributed by atoms with van der Waals surface area (Å²) in [5, 5.41) is 14.4. The van der Waals surface area contributed by atoms with Gasteiger partial charge >= 0.3 is 5.97 Å². The maximum atomic E-state index is 12.9. The molecule has 0 aliphatic carbocycles. The van der Waals surface area contributed by atoms with Gasteiger partial charge in [-0.25, -0.2) is 4.79 Å². The first-order valence-electron chi connectivity index (χ1n) is 12.2. The molecular weight excluding hydrogens is 520 g/mol. The molecule has 0 fully saturated rings. The number of hydrogen-bond donors (Lipinski definition) is 1. The molecule has 0 aliphatic heterocycles. The Morgan fingerprint density at radius 1 is 1.05 bits per heavy atom. The predicted octanol–water partition coefficient (Wildman–Crippen LogP) is 6.30. The van der Waals surface area contributed by atoms with E-state index >= 15 is 0 Å². The fraction of sp³-hybridized carbons (Fsp3) is 0.286. The van der Waals surface area contributed by atoms with Crippen molar-refractivity contribution in [1.82, 2.24) is 14.8 Å². The first-order chi connectivity index (χ1) is 18.3. The van der Waals surface area contributed by atoms with Gasteiger partial charge in [0.25, 0.3) is 0 Å². The van der Waals surface area contributed by atoms with Gasteiger partial charge in [0.2, 0.25) is 5.91 Å². The zero-order chi connectivity index (χ0) is 27.2. The number of amides is 1. The Labute approximate surface area is 230 Å². The number of carbonyl (C=O) groups excluding carboxylic acids is 2. The minimum Gasteiger partial charge on any atom is -0.483 e. The summed E-state index contributed by atoms with van der Waals surface area (Å²) < 4.78 is 13.0. The smallest absolute Gasteiger partial charge is 0.341 e. The highest BCUT2D eigenvalue weighted by atomic mass is 32.2. The van der Waals surface area contributed by atoms with E-state index in [1.54, 1.807) is 0 Å². The van der Waals surface area contributed by atoms with Crippen LogP contribution >= 0.6 is 23.1 Å².